The van der Waals surface area contributed by atoms with E-state index < -0.39 is 28.5 Å². The van der Waals surface area contributed by atoms with Crippen LogP contribution in [0.15, 0.2) is 71.6 Å². The highest BCUT2D eigenvalue weighted by molar-refractivity contribution is 7.92. The first-order valence-corrected chi connectivity index (χ1v) is 14.9. The standard InChI is InChI=1S/C31H39N3O7S/c1-21(2)32-31(36)23(4)33(19-24-9-8-10-26(17-24)39-5)30(35)20-34(25-13-11-22(3)12-14-25)42(37,38)27-15-16-28(40-6)29(18-27)41-7/h8-18,21,23H,19-20H2,1-7H3,(H,32,36). The number of carbonyl (C=O) groups is 2. The van der Waals surface area contributed by atoms with Crippen LogP contribution < -0.4 is 23.8 Å². The van der Waals surface area contributed by atoms with Gasteiger partial charge in [-0.15, -0.1) is 0 Å². The van der Waals surface area contributed by atoms with Gasteiger partial charge in [0, 0.05) is 18.7 Å². The first-order valence-electron chi connectivity index (χ1n) is 13.5. The Bertz CT molecular complexity index is 1490. The Morgan fingerprint density at radius 3 is 2.12 bits per heavy atom. The highest BCUT2D eigenvalue weighted by Gasteiger charge is 2.33. The summed E-state index contributed by atoms with van der Waals surface area (Å²) in [6, 6.07) is 17.2. The summed E-state index contributed by atoms with van der Waals surface area (Å²) in [5, 5.41) is 2.84. The van der Waals surface area contributed by atoms with Gasteiger partial charge in [-0.2, -0.15) is 0 Å². The van der Waals surface area contributed by atoms with E-state index >= 15 is 0 Å². The van der Waals surface area contributed by atoms with E-state index in [4.69, 9.17) is 14.2 Å². The van der Waals surface area contributed by atoms with Gasteiger partial charge in [-0.3, -0.25) is 13.9 Å². The van der Waals surface area contributed by atoms with Gasteiger partial charge in [0.15, 0.2) is 11.5 Å². The maximum atomic E-state index is 14.1. The number of amides is 2. The fourth-order valence-corrected chi connectivity index (χ4v) is 5.73. The van der Waals surface area contributed by atoms with Crippen molar-refractivity contribution in [3.8, 4) is 17.2 Å². The summed E-state index contributed by atoms with van der Waals surface area (Å²) in [4.78, 5) is 28.4. The van der Waals surface area contributed by atoms with Crippen LogP contribution in [0.3, 0.4) is 0 Å². The van der Waals surface area contributed by atoms with Crippen molar-refractivity contribution >= 4 is 27.5 Å². The van der Waals surface area contributed by atoms with Crippen molar-refractivity contribution in [3.63, 3.8) is 0 Å². The molecule has 0 spiro atoms. The molecule has 226 valence electrons. The second-order valence-corrected chi connectivity index (χ2v) is 11.9. The maximum absolute atomic E-state index is 14.1. The molecule has 3 aromatic rings. The predicted octanol–water partition coefficient (Wildman–Crippen LogP) is 4.16. The molecule has 0 bridgehead atoms. The molecule has 0 aliphatic heterocycles. The number of nitrogens with zero attached hydrogens (tertiary/aromatic N) is 2. The molecule has 0 aromatic heterocycles. The van der Waals surface area contributed by atoms with Gasteiger partial charge in [0.1, 0.15) is 18.3 Å². The largest absolute Gasteiger partial charge is 0.497 e. The fourth-order valence-electron chi connectivity index (χ4n) is 4.30. The van der Waals surface area contributed by atoms with Crippen LogP contribution in [0.4, 0.5) is 5.69 Å². The molecule has 0 saturated carbocycles. The number of hydrogen-bond acceptors (Lipinski definition) is 7. The molecule has 0 radical (unpaired) electrons. The zero-order valence-corrected chi connectivity index (χ0v) is 25.9. The van der Waals surface area contributed by atoms with Gasteiger partial charge in [-0.05, 0) is 69.7 Å². The van der Waals surface area contributed by atoms with Crippen molar-refractivity contribution < 1.29 is 32.2 Å². The Hall–Kier alpha value is -4.25. The van der Waals surface area contributed by atoms with E-state index in [1.807, 2.05) is 26.8 Å². The zero-order chi connectivity index (χ0) is 31.0. The van der Waals surface area contributed by atoms with Crippen LogP contribution in [0, 0.1) is 6.92 Å². The Balaban J connectivity index is 2.07. The molecule has 42 heavy (non-hydrogen) atoms. The minimum Gasteiger partial charge on any atom is -0.497 e. The summed E-state index contributed by atoms with van der Waals surface area (Å²) in [6.07, 6.45) is 0. The molecular weight excluding hydrogens is 558 g/mol. The zero-order valence-electron chi connectivity index (χ0n) is 25.1. The lowest BCUT2D eigenvalue weighted by atomic mass is 10.1. The number of methoxy groups -OCH3 is 3. The molecule has 0 heterocycles. The lowest BCUT2D eigenvalue weighted by molar-refractivity contribution is -0.139. The summed E-state index contributed by atoms with van der Waals surface area (Å²) in [7, 11) is 0.136. The van der Waals surface area contributed by atoms with Crippen LogP contribution in [0.1, 0.15) is 31.9 Å². The Labute approximate surface area is 248 Å². The molecule has 3 aromatic carbocycles. The molecule has 1 N–H and O–H groups in total. The van der Waals surface area contributed by atoms with Gasteiger partial charge < -0.3 is 24.4 Å². The summed E-state index contributed by atoms with van der Waals surface area (Å²) in [6.45, 7) is 6.66. The van der Waals surface area contributed by atoms with Gasteiger partial charge in [0.05, 0.1) is 31.9 Å². The highest BCUT2D eigenvalue weighted by Crippen LogP contribution is 2.32. The van der Waals surface area contributed by atoms with Crippen molar-refractivity contribution in [2.45, 2.75) is 51.2 Å². The number of benzene rings is 3. The molecule has 11 heteroatoms. The number of rotatable bonds is 13. The Morgan fingerprint density at radius 2 is 1.52 bits per heavy atom. The van der Waals surface area contributed by atoms with Crippen molar-refractivity contribution in [1.29, 1.82) is 0 Å². The molecule has 2 amide bonds. The van der Waals surface area contributed by atoms with Gasteiger partial charge >= 0.3 is 0 Å². The van der Waals surface area contributed by atoms with Crippen molar-refractivity contribution in [2.24, 2.45) is 0 Å². The Kier molecular flexibility index (Phi) is 10.8. The third-order valence-corrected chi connectivity index (χ3v) is 8.40. The van der Waals surface area contributed by atoms with Crippen molar-refractivity contribution in [3.05, 3.63) is 77.9 Å². The normalized spacial score (nSPS) is 11.9. The molecule has 0 saturated heterocycles. The number of sulfonamides is 1. The molecule has 1 unspecified atom stereocenters. The molecule has 10 nitrogen and oxygen atoms in total. The minimum atomic E-state index is -4.27. The van der Waals surface area contributed by atoms with Gasteiger partial charge in [0.2, 0.25) is 11.8 Å². The SMILES string of the molecule is COc1cccc(CN(C(=O)CN(c2ccc(C)cc2)S(=O)(=O)c2ccc(OC)c(OC)c2)C(C)C(=O)NC(C)C)c1. The quantitative estimate of drug-likeness (QED) is 0.315. The van der Waals surface area contributed by atoms with Gasteiger partial charge in [-0.25, -0.2) is 8.42 Å². The number of hydrogen-bond donors (Lipinski definition) is 1. The summed E-state index contributed by atoms with van der Waals surface area (Å²) in [5.74, 6) is 0.271. The van der Waals surface area contributed by atoms with E-state index in [1.54, 1.807) is 56.5 Å². The summed E-state index contributed by atoms with van der Waals surface area (Å²) >= 11 is 0. The first-order chi connectivity index (χ1) is 19.9. The van der Waals surface area contributed by atoms with E-state index in [0.717, 1.165) is 15.4 Å². The highest BCUT2D eigenvalue weighted by atomic mass is 32.2. The predicted molar refractivity (Wildman–Crippen MR) is 162 cm³/mol. The second-order valence-electron chi connectivity index (χ2n) is 10.1. The topological polar surface area (TPSA) is 114 Å². The first kappa shape index (κ1) is 32.3. The van der Waals surface area contributed by atoms with E-state index in [1.165, 1.54) is 37.3 Å². The summed E-state index contributed by atoms with van der Waals surface area (Å²) < 4.78 is 45.2. The third kappa shape index (κ3) is 7.73. The third-order valence-electron chi connectivity index (χ3n) is 6.63. The Morgan fingerprint density at radius 1 is 0.857 bits per heavy atom. The average Bonchev–Trinajstić information content (AvgIpc) is 2.97. The monoisotopic (exact) mass is 597 g/mol. The molecule has 0 fully saturated rings. The lowest BCUT2D eigenvalue weighted by Gasteiger charge is -2.32. The van der Waals surface area contributed by atoms with E-state index in [-0.39, 0.29) is 29.1 Å². The number of anilines is 1. The van der Waals surface area contributed by atoms with Gasteiger partial charge in [0.25, 0.3) is 10.0 Å². The maximum Gasteiger partial charge on any atom is 0.264 e. The number of nitrogens with one attached hydrogen (secondary N) is 1. The number of ether oxygens (including phenoxy) is 3. The summed E-state index contributed by atoms with van der Waals surface area (Å²) in [5.41, 5.74) is 1.94. The van der Waals surface area contributed by atoms with Crippen LogP contribution in [0.5, 0.6) is 17.2 Å². The van der Waals surface area contributed by atoms with Crippen LogP contribution >= 0.6 is 0 Å². The minimum absolute atomic E-state index is 0.0564. The fraction of sp³-hybridized carbons (Fsp3) is 0.355. The van der Waals surface area contributed by atoms with Crippen molar-refractivity contribution in [2.75, 3.05) is 32.2 Å². The lowest BCUT2D eigenvalue weighted by Crippen LogP contribution is -2.52. The molecule has 3 rings (SSSR count). The molecule has 1 atom stereocenters. The van der Waals surface area contributed by atoms with Crippen LogP contribution in [0.2, 0.25) is 0 Å². The average molecular weight is 598 g/mol. The van der Waals surface area contributed by atoms with E-state index in [9.17, 15) is 18.0 Å². The van der Waals surface area contributed by atoms with Crippen molar-refractivity contribution in [1.82, 2.24) is 10.2 Å². The van der Waals surface area contributed by atoms with Crippen LogP contribution in [-0.4, -0.2) is 65.1 Å². The van der Waals surface area contributed by atoms with E-state index in [2.05, 4.69) is 5.32 Å². The molecule has 0 aliphatic carbocycles. The second kappa shape index (κ2) is 14.1. The number of carbonyl (C=O) groups excluding carboxylic acids is 2. The smallest absolute Gasteiger partial charge is 0.264 e. The van der Waals surface area contributed by atoms with Crippen LogP contribution in [0.25, 0.3) is 0 Å². The number of aryl methyl sites for hydroxylation is 1. The molecular formula is C31H39N3O7S. The van der Waals surface area contributed by atoms with Gasteiger partial charge in [-0.1, -0.05) is 29.8 Å². The van der Waals surface area contributed by atoms with Crippen LogP contribution in [-0.2, 0) is 26.2 Å². The van der Waals surface area contributed by atoms with E-state index in [0.29, 0.717) is 17.2 Å². The molecule has 0 aliphatic rings.